The molecule has 0 spiro atoms. The lowest BCUT2D eigenvalue weighted by molar-refractivity contribution is 0.0927. The van der Waals surface area contributed by atoms with Crippen LogP contribution >= 0.6 is 0 Å². The van der Waals surface area contributed by atoms with Crippen molar-refractivity contribution < 1.29 is 14.6 Å². The first-order valence-corrected chi connectivity index (χ1v) is 11.0. The summed E-state index contributed by atoms with van der Waals surface area (Å²) in [5.74, 6) is 0.355. The van der Waals surface area contributed by atoms with Crippen LogP contribution in [0.4, 0.5) is 0 Å². The highest BCUT2D eigenvalue weighted by Gasteiger charge is 2.23. The molecule has 6 heteroatoms. The monoisotopic (exact) mass is 409 g/mol. The number of hydrogen-bond acceptors (Lipinski definition) is 5. The lowest BCUT2D eigenvalue weighted by Gasteiger charge is -2.32. The molecule has 1 aromatic heterocycles. The van der Waals surface area contributed by atoms with Crippen LogP contribution in [0.1, 0.15) is 60.3 Å². The van der Waals surface area contributed by atoms with Crippen molar-refractivity contribution in [2.75, 3.05) is 13.1 Å². The Morgan fingerprint density at radius 2 is 1.93 bits per heavy atom. The van der Waals surface area contributed by atoms with Crippen LogP contribution in [0, 0.1) is 6.92 Å². The van der Waals surface area contributed by atoms with Gasteiger partial charge in [-0.25, -0.2) is 0 Å². The summed E-state index contributed by atoms with van der Waals surface area (Å²) < 4.78 is 6.05. The molecule has 1 amide bonds. The van der Waals surface area contributed by atoms with Gasteiger partial charge in [-0.2, -0.15) is 0 Å². The number of aromatic hydroxyl groups is 1. The van der Waals surface area contributed by atoms with Gasteiger partial charge in [0, 0.05) is 36.9 Å². The molecule has 1 aliphatic heterocycles. The smallest absolute Gasteiger partial charge is 0.251 e. The minimum absolute atomic E-state index is 0.0282. The van der Waals surface area contributed by atoms with Crippen molar-refractivity contribution in [2.45, 2.75) is 64.1 Å². The molecule has 160 valence electrons. The third-order valence-electron chi connectivity index (χ3n) is 6.07. The van der Waals surface area contributed by atoms with Crippen LogP contribution in [-0.4, -0.2) is 46.1 Å². The number of aryl methyl sites for hydroxylation is 1. The number of pyridine rings is 1. The molecule has 4 rings (SSSR count). The lowest BCUT2D eigenvalue weighted by Crippen LogP contribution is -2.38. The van der Waals surface area contributed by atoms with Crippen LogP contribution in [-0.2, 0) is 6.54 Å². The number of phenolic OH excluding ortho intramolecular Hbond substituents is 1. The van der Waals surface area contributed by atoms with E-state index in [1.54, 1.807) is 12.1 Å². The Bertz CT molecular complexity index is 872. The highest BCUT2D eigenvalue weighted by atomic mass is 16.5. The van der Waals surface area contributed by atoms with Crippen LogP contribution in [0.3, 0.4) is 0 Å². The third-order valence-corrected chi connectivity index (χ3v) is 6.07. The Morgan fingerprint density at radius 1 is 1.17 bits per heavy atom. The zero-order valence-electron chi connectivity index (χ0n) is 17.6. The maximum atomic E-state index is 12.4. The topological polar surface area (TPSA) is 74.7 Å². The second-order valence-electron chi connectivity index (χ2n) is 8.50. The first-order valence-electron chi connectivity index (χ1n) is 11.0. The first kappa shape index (κ1) is 20.7. The summed E-state index contributed by atoms with van der Waals surface area (Å²) in [4.78, 5) is 19.4. The summed E-state index contributed by atoms with van der Waals surface area (Å²) in [6.07, 6.45) is 6.28. The predicted molar refractivity (Wildman–Crippen MR) is 116 cm³/mol. The van der Waals surface area contributed by atoms with Crippen molar-refractivity contribution >= 4 is 5.91 Å². The molecular formula is C24H31N3O3. The second kappa shape index (κ2) is 9.47. The second-order valence-corrected chi connectivity index (χ2v) is 8.50. The highest BCUT2D eigenvalue weighted by Crippen LogP contribution is 2.30. The average Bonchev–Trinajstić information content (AvgIpc) is 3.24. The number of phenols is 1. The number of nitrogens with zero attached hydrogens (tertiary/aromatic N) is 2. The Balaban J connectivity index is 1.28. The number of amides is 1. The summed E-state index contributed by atoms with van der Waals surface area (Å²) in [5.41, 5.74) is 2.62. The molecule has 0 bridgehead atoms. The lowest BCUT2D eigenvalue weighted by atomic mass is 10.1. The van der Waals surface area contributed by atoms with Gasteiger partial charge in [0.15, 0.2) is 11.5 Å². The van der Waals surface area contributed by atoms with E-state index in [2.05, 4.69) is 21.3 Å². The summed E-state index contributed by atoms with van der Waals surface area (Å²) in [6.45, 7) is 4.73. The quantitative estimate of drug-likeness (QED) is 0.759. The van der Waals surface area contributed by atoms with Crippen molar-refractivity contribution in [2.24, 2.45) is 0 Å². The van der Waals surface area contributed by atoms with Crippen molar-refractivity contribution in [3.8, 4) is 11.5 Å². The zero-order valence-corrected chi connectivity index (χ0v) is 17.6. The zero-order chi connectivity index (χ0) is 20.9. The maximum absolute atomic E-state index is 12.4. The van der Waals surface area contributed by atoms with Crippen molar-refractivity contribution in [1.29, 1.82) is 0 Å². The van der Waals surface area contributed by atoms with E-state index in [4.69, 9.17) is 4.74 Å². The molecule has 1 aliphatic carbocycles. The number of carbonyl (C=O) groups is 1. The number of rotatable bonds is 6. The van der Waals surface area contributed by atoms with E-state index in [0.29, 0.717) is 11.3 Å². The van der Waals surface area contributed by atoms with Crippen molar-refractivity contribution in [3.05, 3.63) is 53.3 Å². The van der Waals surface area contributed by atoms with Crippen molar-refractivity contribution in [1.82, 2.24) is 15.2 Å². The molecule has 0 atom stereocenters. The Morgan fingerprint density at radius 3 is 2.63 bits per heavy atom. The fraction of sp³-hybridized carbons (Fsp3) is 0.500. The fourth-order valence-electron chi connectivity index (χ4n) is 4.38. The number of piperidine rings is 1. The summed E-state index contributed by atoms with van der Waals surface area (Å²) >= 11 is 0. The van der Waals surface area contributed by atoms with Gasteiger partial charge in [0.2, 0.25) is 0 Å². The molecule has 0 unspecified atom stereocenters. The Labute approximate surface area is 178 Å². The number of ether oxygens (including phenoxy) is 1. The van der Waals surface area contributed by atoms with Crippen molar-refractivity contribution in [3.63, 3.8) is 0 Å². The van der Waals surface area contributed by atoms with Gasteiger partial charge in [0.1, 0.15) is 6.10 Å². The average molecular weight is 410 g/mol. The predicted octanol–water partition coefficient (Wildman–Crippen LogP) is 3.81. The van der Waals surface area contributed by atoms with E-state index < -0.39 is 0 Å². The number of aromatic nitrogens is 1. The van der Waals surface area contributed by atoms with Gasteiger partial charge in [0.25, 0.3) is 5.91 Å². The summed E-state index contributed by atoms with van der Waals surface area (Å²) in [6, 6.07) is 11.3. The van der Waals surface area contributed by atoms with E-state index >= 15 is 0 Å². The van der Waals surface area contributed by atoms with Crippen LogP contribution in [0.25, 0.3) is 0 Å². The van der Waals surface area contributed by atoms with Crippen LogP contribution in [0.2, 0.25) is 0 Å². The molecule has 0 radical (unpaired) electrons. The number of nitrogens with one attached hydrogen (secondary N) is 1. The van der Waals surface area contributed by atoms with Gasteiger partial charge >= 0.3 is 0 Å². The van der Waals surface area contributed by atoms with Gasteiger partial charge in [-0.1, -0.05) is 18.9 Å². The van der Waals surface area contributed by atoms with E-state index in [1.807, 2.05) is 19.1 Å². The first-order chi connectivity index (χ1) is 14.6. The fourth-order valence-corrected chi connectivity index (χ4v) is 4.38. The molecule has 1 saturated carbocycles. The molecule has 6 nitrogen and oxygen atoms in total. The molecular weight excluding hydrogens is 378 g/mol. The number of hydrogen-bond donors (Lipinski definition) is 2. The minimum Gasteiger partial charge on any atom is -0.504 e. The number of carbonyl (C=O) groups excluding carboxylic acids is 1. The number of benzene rings is 1. The van der Waals surface area contributed by atoms with E-state index in [-0.39, 0.29) is 23.8 Å². The normalized spacial score (nSPS) is 18.4. The van der Waals surface area contributed by atoms with Crippen LogP contribution in [0.5, 0.6) is 11.5 Å². The van der Waals surface area contributed by atoms with Gasteiger partial charge in [-0.05, 0) is 62.9 Å². The molecule has 2 aliphatic rings. The minimum atomic E-state index is -0.123. The van der Waals surface area contributed by atoms with E-state index in [0.717, 1.165) is 56.7 Å². The van der Waals surface area contributed by atoms with Gasteiger partial charge in [-0.15, -0.1) is 0 Å². The highest BCUT2D eigenvalue weighted by molar-refractivity contribution is 5.95. The van der Waals surface area contributed by atoms with Crippen LogP contribution in [0.15, 0.2) is 36.4 Å². The third kappa shape index (κ3) is 5.30. The summed E-state index contributed by atoms with van der Waals surface area (Å²) in [7, 11) is 0. The standard InChI is InChI=1S/C24H31N3O3/c1-17-5-4-8-20(25-17)16-27-13-11-21(12-14-27)30-23-10-9-18(15-22(23)28)24(29)26-19-6-2-3-7-19/h4-5,8-10,15,19,21,28H,2-3,6-7,11-14,16H2,1H3,(H,26,29). The van der Waals surface area contributed by atoms with Gasteiger partial charge < -0.3 is 15.2 Å². The molecule has 1 saturated heterocycles. The molecule has 2 heterocycles. The van der Waals surface area contributed by atoms with Crippen LogP contribution < -0.4 is 10.1 Å². The van der Waals surface area contributed by atoms with E-state index in [9.17, 15) is 9.90 Å². The summed E-state index contributed by atoms with van der Waals surface area (Å²) in [5, 5.41) is 13.4. The maximum Gasteiger partial charge on any atom is 0.251 e. The van der Waals surface area contributed by atoms with Gasteiger partial charge in [-0.3, -0.25) is 14.7 Å². The molecule has 2 aromatic rings. The number of likely N-dealkylation sites (tertiary alicyclic amines) is 1. The van der Waals surface area contributed by atoms with Gasteiger partial charge in [0.05, 0.1) is 5.69 Å². The Hall–Kier alpha value is -2.60. The molecule has 1 aromatic carbocycles. The molecule has 30 heavy (non-hydrogen) atoms. The SMILES string of the molecule is Cc1cccc(CN2CCC(Oc3ccc(C(=O)NC4CCCC4)cc3O)CC2)n1. The largest absolute Gasteiger partial charge is 0.504 e. The Kier molecular flexibility index (Phi) is 6.53. The molecule has 2 N–H and O–H groups in total. The molecule has 2 fully saturated rings. The van der Waals surface area contributed by atoms with E-state index in [1.165, 1.54) is 18.9 Å².